The number of anilines is 1. The zero-order valence-corrected chi connectivity index (χ0v) is 19.6. The van der Waals surface area contributed by atoms with Crippen LogP contribution in [0.25, 0.3) is 11.5 Å². The fraction of sp³-hybridized carbons (Fsp3) is 0.417. The number of hydrogen-bond donors (Lipinski definition) is 2. The summed E-state index contributed by atoms with van der Waals surface area (Å²) >= 11 is 0. The van der Waals surface area contributed by atoms with E-state index in [-0.39, 0.29) is 23.2 Å². The molecule has 0 aliphatic carbocycles. The Balaban J connectivity index is 1.35. The van der Waals surface area contributed by atoms with Crippen LogP contribution in [-0.4, -0.2) is 54.7 Å². The maximum absolute atomic E-state index is 13.0. The van der Waals surface area contributed by atoms with E-state index in [0.29, 0.717) is 43.4 Å². The van der Waals surface area contributed by atoms with Crippen molar-refractivity contribution in [3.63, 3.8) is 0 Å². The summed E-state index contributed by atoms with van der Waals surface area (Å²) in [5, 5.41) is 14.3. The molecule has 10 nitrogen and oxygen atoms in total. The monoisotopic (exact) mass is 460 g/mol. The van der Waals surface area contributed by atoms with Gasteiger partial charge in [0, 0.05) is 37.8 Å². The van der Waals surface area contributed by atoms with Crippen LogP contribution in [0.5, 0.6) is 0 Å². The van der Waals surface area contributed by atoms with E-state index in [1.165, 1.54) is 0 Å². The highest BCUT2D eigenvalue weighted by Gasteiger charge is 2.34. The SMILES string of the molecule is CCNC(=O)N1CCc2cnc(C(=O)Nc3cccc(-c4nnc5n4C(C)(C)CC5)n3)cc2C1. The summed E-state index contributed by atoms with van der Waals surface area (Å²) < 4.78 is 2.13. The minimum atomic E-state index is -0.352. The maximum Gasteiger partial charge on any atom is 0.317 e. The highest BCUT2D eigenvalue weighted by atomic mass is 16.2. The average Bonchev–Trinajstić information content (AvgIpc) is 3.40. The van der Waals surface area contributed by atoms with Crippen LogP contribution in [0, 0.1) is 0 Å². The molecule has 0 spiro atoms. The number of urea groups is 1. The maximum atomic E-state index is 13.0. The Labute approximate surface area is 197 Å². The smallest absolute Gasteiger partial charge is 0.317 e. The molecule has 0 aromatic carbocycles. The number of rotatable bonds is 4. The molecule has 0 saturated carbocycles. The number of carbonyl (C=O) groups is 2. The highest BCUT2D eigenvalue weighted by molar-refractivity contribution is 6.02. The molecule has 0 fully saturated rings. The molecule has 3 aromatic heterocycles. The Bertz CT molecular complexity index is 1270. The summed E-state index contributed by atoms with van der Waals surface area (Å²) in [6.45, 7) is 7.88. The summed E-state index contributed by atoms with van der Waals surface area (Å²) in [4.78, 5) is 35.9. The third-order valence-corrected chi connectivity index (χ3v) is 6.46. The highest BCUT2D eigenvalue weighted by Crippen LogP contribution is 2.34. The van der Waals surface area contributed by atoms with E-state index < -0.39 is 0 Å². The Hall–Kier alpha value is -3.82. The van der Waals surface area contributed by atoms with E-state index in [2.05, 4.69) is 49.2 Å². The van der Waals surface area contributed by atoms with Crippen LogP contribution in [0.3, 0.4) is 0 Å². The van der Waals surface area contributed by atoms with Crippen LogP contribution in [0.15, 0.2) is 30.5 Å². The van der Waals surface area contributed by atoms with E-state index in [1.807, 2.05) is 19.1 Å². The minimum Gasteiger partial charge on any atom is -0.338 e. The first-order valence-corrected chi connectivity index (χ1v) is 11.6. The summed E-state index contributed by atoms with van der Waals surface area (Å²) in [7, 11) is 0. The van der Waals surface area contributed by atoms with Crippen molar-refractivity contribution in [2.75, 3.05) is 18.4 Å². The predicted octanol–water partition coefficient (Wildman–Crippen LogP) is 2.76. The molecule has 34 heavy (non-hydrogen) atoms. The minimum absolute atomic E-state index is 0.0793. The molecule has 0 atom stereocenters. The van der Waals surface area contributed by atoms with Gasteiger partial charge in [-0.25, -0.2) is 9.78 Å². The van der Waals surface area contributed by atoms with Crippen molar-refractivity contribution in [3.05, 3.63) is 53.1 Å². The van der Waals surface area contributed by atoms with Crippen molar-refractivity contribution in [2.24, 2.45) is 0 Å². The van der Waals surface area contributed by atoms with Gasteiger partial charge < -0.3 is 20.1 Å². The third kappa shape index (κ3) is 4.00. The first-order chi connectivity index (χ1) is 16.4. The van der Waals surface area contributed by atoms with Crippen LogP contribution >= 0.6 is 0 Å². The number of carbonyl (C=O) groups excluding carboxylic acids is 2. The molecule has 5 rings (SSSR count). The summed E-state index contributed by atoms with van der Waals surface area (Å²) in [6.07, 6.45) is 4.33. The lowest BCUT2D eigenvalue weighted by Crippen LogP contribution is -2.42. The number of hydrogen-bond acceptors (Lipinski definition) is 6. The molecule has 0 unspecified atom stereocenters. The van der Waals surface area contributed by atoms with Crippen molar-refractivity contribution < 1.29 is 9.59 Å². The standard InChI is InChI=1S/C24H28N8O2/c1-4-25-23(34)31-11-9-15-13-26-18(12-16(15)14-31)22(33)28-19-7-5-6-17(27-19)21-30-29-20-8-10-24(2,3)32(20)21/h5-7,12-13H,4,8-11,14H2,1-3H3,(H,25,34)(H,27,28,33). The van der Waals surface area contributed by atoms with Gasteiger partial charge in [-0.1, -0.05) is 6.07 Å². The van der Waals surface area contributed by atoms with E-state index in [1.54, 1.807) is 23.2 Å². The average molecular weight is 461 g/mol. The molecule has 0 bridgehead atoms. The molecule has 3 aromatic rings. The van der Waals surface area contributed by atoms with Gasteiger partial charge in [-0.3, -0.25) is 9.78 Å². The number of nitrogens with one attached hydrogen (secondary N) is 2. The zero-order chi connectivity index (χ0) is 23.9. The lowest BCUT2D eigenvalue weighted by Gasteiger charge is -2.28. The van der Waals surface area contributed by atoms with Gasteiger partial charge in [0.2, 0.25) is 0 Å². The number of pyridine rings is 2. The number of fused-ring (bicyclic) bond motifs is 2. The molecule has 3 amide bonds. The molecule has 0 saturated heterocycles. The summed E-state index contributed by atoms with van der Waals surface area (Å²) in [5.74, 6) is 1.72. The van der Waals surface area contributed by atoms with Gasteiger partial charge in [0.25, 0.3) is 5.91 Å². The first-order valence-electron chi connectivity index (χ1n) is 11.6. The second kappa shape index (κ2) is 8.51. The van der Waals surface area contributed by atoms with Crippen LogP contribution in [0.2, 0.25) is 0 Å². The Kier molecular flexibility index (Phi) is 5.51. The number of aryl methyl sites for hydroxylation is 1. The Morgan fingerprint density at radius 2 is 2.00 bits per heavy atom. The van der Waals surface area contributed by atoms with Crippen molar-refractivity contribution in [2.45, 2.75) is 52.1 Å². The molecule has 2 N–H and O–H groups in total. The number of aromatic nitrogens is 5. The van der Waals surface area contributed by atoms with Crippen LogP contribution in [0.4, 0.5) is 10.6 Å². The van der Waals surface area contributed by atoms with Crippen LogP contribution < -0.4 is 10.6 Å². The normalized spacial score (nSPS) is 16.0. The molecule has 176 valence electrons. The fourth-order valence-corrected chi connectivity index (χ4v) is 4.62. The van der Waals surface area contributed by atoms with E-state index in [0.717, 1.165) is 29.8 Å². The predicted molar refractivity (Wildman–Crippen MR) is 126 cm³/mol. The van der Waals surface area contributed by atoms with Gasteiger partial charge in [0.15, 0.2) is 5.82 Å². The molecule has 0 radical (unpaired) electrons. The Morgan fingerprint density at radius 3 is 2.82 bits per heavy atom. The molecular formula is C24H28N8O2. The van der Waals surface area contributed by atoms with Crippen molar-refractivity contribution >= 4 is 17.8 Å². The van der Waals surface area contributed by atoms with Crippen molar-refractivity contribution in [3.8, 4) is 11.5 Å². The van der Waals surface area contributed by atoms with Crippen LogP contribution in [-0.2, 0) is 24.9 Å². The quantitative estimate of drug-likeness (QED) is 0.618. The largest absolute Gasteiger partial charge is 0.338 e. The second-order valence-electron chi connectivity index (χ2n) is 9.30. The lowest BCUT2D eigenvalue weighted by molar-refractivity contribution is 0.102. The topological polar surface area (TPSA) is 118 Å². The second-order valence-corrected chi connectivity index (χ2v) is 9.30. The summed E-state index contributed by atoms with van der Waals surface area (Å²) in [5.41, 5.74) is 2.85. The lowest BCUT2D eigenvalue weighted by atomic mass is 10.0. The molecule has 10 heteroatoms. The zero-order valence-electron chi connectivity index (χ0n) is 19.6. The molecule has 2 aliphatic rings. The van der Waals surface area contributed by atoms with Crippen molar-refractivity contribution in [1.29, 1.82) is 0 Å². The van der Waals surface area contributed by atoms with E-state index in [9.17, 15) is 9.59 Å². The number of nitrogens with zero attached hydrogens (tertiary/aromatic N) is 6. The molecule has 2 aliphatic heterocycles. The van der Waals surface area contributed by atoms with Crippen molar-refractivity contribution in [1.82, 2.24) is 34.9 Å². The molecular weight excluding hydrogens is 432 g/mol. The molecule has 5 heterocycles. The van der Waals surface area contributed by atoms with Gasteiger partial charge in [0.05, 0.1) is 0 Å². The van der Waals surface area contributed by atoms with Gasteiger partial charge in [-0.2, -0.15) is 0 Å². The van der Waals surface area contributed by atoms with Gasteiger partial charge in [-0.15, -0.1) is 10.2 Å². The van der Waals surface area contributed by atoms with E-state index >= 15 is 0 Å². The van der Waals surface area contributed by atoms with Gasteiger partial charge in [0.1, 0.15) is 23.0 Å². The summed E-state index contributed by atoms with van der Waals surface area (Å²) in [6, 6.07) is 7.11. The van der Waals surface area contributed by atoms with Gasteiger partial charge >= 0.3 is 6.03 Å². The van der Waals surface area contributed by atoms with Crippen LogP contribution in [0.1, 0.15) is 54.6 Å². The van der Waals surface area contributed by atoms with Gasteiger partial charge in [-0.05, 0) is 62.9 Å². The first kappa shape index (κ1) is 22.0. The third-order valence-electron chi connectivity index (χ3n) is 6.46. The van der Waals surface area contributed by atoms with E-state index in [4.69, 9.17) is 0 Å². The Morgan fingerprint density at radius 1 is 1.15 bits per heavy atom. The fourth-order valence-electron chi connectivity index (χ4n) is 4.62. The number of amides is 3.